The molecule has 2 aliphatic heterocycles. The Bertz CT molecular complexity index is 935. The van der Waals surface area contributed by atoms with Gasteiger partial charge in [-0.1, -0.05) is 35.3 Å². The van der Waals surface area contributed by atoms with Crippen molar-refractivity contribution in [3.05, 3.63) is 52.5 Å². The molecule has 1 N–H and O–H groups in total. The Balaban J connectivity index is 1.31. The topological polar surface area (TPSA) is 54.0 Å². The lowest BCUT2D eigenvalue weighted by Crippen LogP contribution is -2.55. The van der Waals surface area contributed by atoms with Crippen molar-refractivity contribution in [1.82, 2.24) is 9.80 Å². The SMILES string of the molecule is O=C(C1COc2ccccc2O1)N1CCN(C(=S)Nc2ccc(Cl)cc2Cl)CC1. The Morgan fingerprint density at radius 2 is 1.72 bits per heavy atom. The van der Waals surface area contributed by atoms with Gasteiger partial charge in [-0.3, -0.25) is 4.79 Å². The van der Waals surface area contributed by atoms with Crippen molar-refractivity contribution in [2.75, 3.05) is 38.1 Å². The minimum absolute atomic E-state index is 0.0706. The number of anilines is 1. The normalized spacial score (nSPS) is 18.3. The van der Waals surface area contributed by atoms with E-state index < -0.39 is 6.10 Å². The van der Waals surface area contributed by atoms with Crippen molar-refractivity contribution in [3.8, 4) is 11.5 Å². The molecule has 4 rings (SSSR count). The summed E-state index contributed by atoms with van der Waals surface area (Å²) in [6, 6.07) is 12.6. The van der Waals surface area contributed by atoms with Crippen LogP contribution in [0.25, 0.3) is 0 Å². The summed E-state index contributed by atoms with van der Waals surface area (Å²) in [6.45, 7) is 2.55. The van der Waals surface area contributed by atoms with Gasteiger partial charge in [0.15, 0.2) is 16.6 Å². The number of ether oxygens (including phenoxy) is 2. The van der Waals surface area contributed by atoms with Crippen LogP contribution in [-0.2, 0) is 4.79 Å². The molecular formula is C20H19Cl2N3O3S. The molecule has 2 heterocycles. The van der Waals surface area contributed by atoms with Crippen LogP contribution in [0.15, 0.2) is 42.5 Å². The predicted molar refractivity (Wildman–Crippen MR) is 117 cm³/mol. The second-order valence-electron chi connectivity index (χ2n) is 6.73. The van der Waals surface area contributed by atoms with E-state index in [1.165, 1.54) is 0 Å². The van der Waals surface area contributed by atoms with Crippen LogP contribution in [0.2, 0.25) is 10.0 Å². The number of rotatable bonds is 2. The summed E-state index contributed by atoms with van der Waals surface area (Å²) in [5.74, 6) is 1.19. The summed E-state index contributed by atoms with van der Waals surface area (Å²) in [5, 5.41) is 4.77. The number of nitrogens with zero attached hydrogens (tertiary/aromatic N) is 2. The van der Waals surface area contributed by atoms with Crippen LogP contribution >= 0.6 is 35.4 Å². The second-order valence-corrected chi connectivity index (χ2v) is 7.96. The summed E-state index contributed by atoms with van der Waals surface area (Å²) in [5.41, 5.74) is 0.700. The number of halogens is 2. The average molecular weight is 452 g/mol. The number of nitrogens with one attached hydrogen (secondary N) is 1. The van der Waals surface area contributed by atoms with Crippen LogP contribution in [0, 0.1) is 0 Å². The minimum Gasteiger partial charge on any atom is -0.485 e. The molecule has 29 heavy (non-hydrogen) atoms. The van der Waals surface area contributed by atoms with E-state index in [1.54, 1.807) is 29.2 Å². The van der Waals surface area contributed by atoms with E-state index in [0.29, 0.717) is 58.5 Å². The Morgan fingerprint density at radius 1 is 1.03 bits per heavy atom. The van der Waals surface area contributed by atoms with Crippen molar-refractivity contribution < 1.29 is 14.3 Å². The van der Waals surface area contributed by atoms with Crippen LogP contribution in [-0.4, -0.2) is 59.7 Å². The number of hydrogen-bond acceptors (Lipinski definition) is 4. The van der Waals surface area contributed by atoms with Crippen molar-refractivity contribution in [2.24, 2.45) is 0 Å². The molecule has 1 amide bonds. The van der Waals surface area contributed by atoms with Crippen molar-refractivity contribution >= 4 is 52.1 Å². The maximum absolute atomic E-state index is 12.8. The molecule has 0 saturated carbocycles. The first-order valence-electron chi connectivity index (χ1n) is 9.19. The molecule has 0 aromatic heterocycles. The molecule has 1 unspecified atom stereocenters. The lowest BCUT2D eigenvalue weighted by Gasteiger charge is -2.38. The fourth-order valence-corrected chi connectivity index (χ4v) is 4.01. The van der Waals surface area contributed by atoms with Gasteiger partial charge in [0.1, 0.15) is 6.61 Å². The zero-order valence-electron chi connectivity index (χ0n) is 15.4. The van der Waals surface area contributed by atoms with Gasteiger partial charge < -0.3 is 24.6 Å². The number of fused-ring (bicyclic) bond motifs is 1. The van der Waals surface area contributed by atoms with Crippen LogP contribution in [0.1, 0.15) is 0 Å². The van der Waals surface area contributed by atoms with Gasteiger partial charge in [0.05, 0.1) is 10.7 Å². The molecular weight excluding hydrogens is 433 g/mol. The highest BCUT2D eigenvalue weighted by Crippen LogP contribution is 2.31. The van der Waals surface area contributed by atoms with E-state index >= 15 is 0 Å². The highest BCUT2D eigenvalue weighted by Gasteiger charge is 2.33. The van der Waals surface area contributed by atoms with Gasteiger partial charge in [-0.15, -0.1) is 0 Å². The standard InChI is InChI=1S/C20H19Cl2N3O3S/c21-13-5-6-15(14(22)11-13)23-20(29)25-9-7-24(8-10-25)19(26)18-12-27-16-3-1-2-4-17(16)28-18/h1-6,11,18H,7-10,12H2,(H,23,29). The van der Waals surface area contributed by atoms with E-state index in [0.717, 1.165) is 0 Å². The van der Waals surface area contributed by atoms with E-state index in [4.69, 9.17) is 44.9 Å². The number of carbonyl (C=O) groups is 1. The maximum Gasteiger partial charge on any atom is 0.267 e. The average Bonchev–Trinajstić information content (AvgIpc) is 2.75. The van der Waals surface area contributed by atoms with Crippen LogP contribution < -0.4 is 14.8 Å². The molecule has 1 saturated heterocycles. The Labute approximate surface area is 184 Å². The van der Waals surface area contributed by atoms with E-state index in [2.05, 4.69) is 5.32 Å². The highest BCUT2D eigenvalue weighted by atomic mass is 35.5. The molecule has 0 spiro atoms. The molecule has 2 aromatic rings. The van der Waals surface area contributed by atoms with Gasteiger partial charge in [-0.05, 0) is 42.5 Å². The Morgan fingerprint density at radius 3 is 2.45 bits per heavy atom. The van der Waals surface area contributed by atoms with Gasteiger partial charge in [-0.25, -0.2) is 0 Å². The highest BCUT2D eigenvalue weighted by molar-refractivity contribution is 7.80. The zero-order chi connectivity index (χ0) is 20.4. The number of piperazine rings is 1. The second kappa shape index (κ2) is 8.65. The first-order valence-corrected chi connectivity index (χ1v) is 10.4. The fourth-order valence-electron chi connectivity index (χ4n) is 3.26. The third kappa shape index (κ3) is 4.52. The summed E-state index contributed by atoms with van der Waals surface area (Å²) >= 11 is 17.6. The smallest absolute Gasteiger partial charge is 0.267 e. The zero-order valence-corrected chi connectivity index (χ0v) is 17.8. The summed E-state index contributed by atoms with van der Waals surface area (Å²) < 4.78 is 11.5. The largest absolute Gasteiger partial charge is 0.485 e. The van der Waals surface area contributed by atoms with Crippen molar-refractivity contribution in [1.29, 1.82) is 0 Å². The minimum atomic E-state index is -0.630. The molecule has 9 heteroatoms. The lowest BCUT2D eigenvalue weighted by molar-refractivity contribution is -0.142. The first-order chi connectivity index (χ1) is 14.0. The Kier molecular flexibility index (Phi) is 5.99. The molecule has 0 bridgehead atoms. The third-order valence-electron chi connectivity index (χ3n) is 4.84. The predicted octanol–water partition coefficient (Wildman–Crippen LogP) is 3.67. The molecule has 1 fully saturated rings. The van der Waals surface area contributed by atoms with Crippen LogP contribution in [0.5, 0.6) is 11.5 Å². The quantitative estimate of drug-likeness (QED) is 0.702. The molecule has 6 nitrogen and oxygen atoms in total. The van der Waals surface area contributed by atoms with Crippen LogP contribution in [0.3, 0.4) is 0 Å². The number of amides is 1. The fraction of sp³-hybridized carbons (Fsp3) is 0.300. The summed E-state index contributed by atoms with van der Waals surface area (Å²) in [4.78, 5) is 16.6. The molecule has 152 valence electrons. The van der Waals surface area contributed by atoms with Crippen LogP contribution in [0.4, 0.5) is 5.69 Å². The number of benzene rings is 2. The molecule has 2 aromatic carbocycles. The van der Waals surface area contributed by atoms with E-state index in [-0.39, 0.29) is 12.5 Å². The van der Waals surface area contributed by atoms with E-state index in [1.807, 2.05) is 23.1 Å². The van der Waals surface area contributed by atoms with Gasteiger partial charge in [0.2, 0.25) is 6.10 Å². The lowest BCUT2D eigenvalue weighted by atomic mass is 10.2. The van der Waals surface area contributed by atoms with Crippen molar-refractivity contribution in [2.45, 2.75) is 6.10 Å². The Hall–Kier alpha value is -2.22. The first kappa shape index (κ1) is 20.1. The monoisotopic (exact) mass is 451 g/mol. The van der Waals surface area contributed by atoms with Gasteiger partial charge in [0, 0.05) is 31.2 Å². The molecule has 0 radical (unpaired) electrons. The van der Waals surface area contributed by atoms with E-state index in [9.17, 15) is 4.79 Å². The molecule has 1 atom stereocenters. The van der Waals surface area contributed by atoms with Gasteiger partial charge >= 0.3 is 0 Å². The maximum atomic E-state index is 12.8. The van der Waals surface area contributed by atoms with Gasteiger partial charge in [0.25, 0.3) is 5.91 Å². The summed E-state index contributed by atoms with van der Waals surface area (Å²) in [7, 11) is 0. The molecule has 0 aliphatic carbocycles. The number of hydrogen-bond donors (Lipinski definition) is 1. The number of thiocarbonyl (C=S) groups is 1. The molecule has 2 aliphatic rings. The third-order valence-corrected chi connectivity index (χ3v) is 5.74. The number of para-hydroxylation sites is 2. The number of carbonyl (C=O) groups excluding carboxylic acids is 1. The van der Waals surface area contributed by atoms with Gasteiger partial charge in [-0.2, -0.15) is 0 Å². The summed E-state index contributed by atoms with van der Waals surface area (Å²) in [6.07, 6.45) is -0.630. The van der Waals surface area contributed by atoms with Crippen molar-refractivity contribution in [3.63, 3.8) is 0 Å².